The summed E-state index contributed by atoms with van der Waals surface area (Å²) in [7, 11) is 0. The monoisotopic (exact) mass is 357 g/mol. The normalized spacial score (nSPS) is 23.9. The van der Waals surface area contributed by atoms with Crippen molar-refractivity contribution in [2.24, 2.45) is 17.8 Å². The van der Waals surface area contributed by atoms with E-state index in [1.54, 1.807) is 0 Å². The number of fused-ring (bicyclic) bond motifs is 1. The summed E-state index contributed by atoms with van der Waals surface area (Å²) in [6, 6.07) is 9.56. The van der Waals surface area contributed by atoms with Gasteiger partial charge in [0.1, 0.15) is 0 Å². The first-order valence-electron chi connectivity index (χ1n) is 8.68. The molecular formula is C19H27CaNO3. The van der Waals surface area contributed by atoms with Crippen LogP contribution < -0.4 is 0 Å². The molecule has 24 heavy (non-hydrogen) atoms. The number of nitrogens with zero attached hydrogens (tertiary/aromatic N) is 1. The fourth-order valence-electron chi connectivity index (χ4n) is 4.09. The second-order valence-electron chi connectivity index (χ2n) is 7.03. The molecule has 3 atom stereocenters. The molecule has 1 heterocycles. The Morgan fingerprint density at radius 1 is 1.08 bits per heavy atom. The first kappa shape index (κ1) is 19.7. The molecule has 1 N–H and O–H groups in total. The van der Waals surface area contributed by atoms with Crippen molar-refractivity contribution in [1.82, 2.24) is 4.90 Å². The van der Waals surface area contributed by atoms with Crippen LogP contribution in [0.1, 0.15) is 37.7 Å². The van der Waals surface area contributed by atoms with Crippen molar-refractivity contribution in [2.45, 2.75) is 38.5 Å². The molecule has 1 saturated carbocycles. The molecule has 128 valence electrons. The number of carboxylic acids is 1. The van der Waals surface area contributed by atoms with Gasteiger partial charge in [0.25, 0.3) is 0 Å². The minimum atomic E-state index is -0.876. The Bertz CT molecular complexity index is 549. The summed E-state index contributed by atoms with van der Waals surface area (Å²) in [5.41, 5.74) is 0.975. The van der Waals surface area contributed by atoms with Crippen molar-refractivity contribution in [3.8, 4) is 0 Å². The molecule has 4 nitrogen and oxygen atoms in total. The van der Waals surface area contributed by atoms with Gasteiger partial charge in [-0.25, -0.2) is 0 Å². The number of aliphatic carboxylic acids is 1. The molecular weight excluding hydrogens is 330 g/mol. The van der Waals surface area contributed by atoms with E-state index in [1.807, 2.05) is 35.2 Å². The van der Waals surface area contributed by atoms with Crippen LogP contribution in [-0.4, -0.2) is 72.7 Å². The van der Waals surface area contributed by atoms with Gasteiger partial charge in [0, 0.05) is 19.5 Å². The number of amides is 1. The van der Waals surface area contributed by atoms with Crippen LogP contribution in [0.2, 0.25) is 0 Å². The van der Waals surface area contributed by atoms with Gasteiger partial charge in [0.2, 0.25) is 5.91 Å². The Morgan fingerprint density at radius 2 is 1.67 bits per heavy atom. The third kappa shape index (κ3) is 4.96. The fourth-order valence-corrected chi connectivity index (χ4v) is 4.09. The van der Waals surface area contributed by atoms with Crippen molar-refractivity contribution >= 4 is 49.6 Å². The van der Waals surface area contributed by atoms with Crippen LogP contribution in [-0.2, 0) is 16.0 Å². The van der Waals surface area contributed by atoms with E-state index in [2.05, 4.69) is 0 Å². The molecule has 2 fully saturated rings. The van der Waals surface area contributed by atoms with Gasteiger partial charge >= 0.3 is 43.7 Å². The van der Waals surface area contributed by atoms with Crippen LogP contribution in [0.5, 0.6) is 0 Å². The van der Waals surface area contributed by atoms with E-state index in [-0.39, 0.29) is 50.1 Å². The standard InChI is InChI=1S/C19H25NO3.Ca.2H/c21-18(20-12-15-8-4-5-9-16(15)13-20)11-17(19(22)23)10-14-6-2-1-3-7-14;;;/h1-3,6-7,15-17H,4-5,8-13H2,(H,22,23);;;/t15-,16+,17-;;;/m0.../s1. The zero-order valence-electron chi connectivity index (χ0n) is 13.5. The zero-order valence-corrected chi connectivity index (χ0v) is 13.5. The molecule has 0 spiro atoms. The Balaban J connectivity index is 0.00000208. The predicted molar refractivity (Wildman–Crippen MR) is 96.5 cm³/mol. The van der Waals surface area contributed by atoms with Crippen LogP contribution in [0.3, 0.4) is 0 Å². The van der Waals surface area contributed by atoms with E-state index in [0.29, 0.717) is 18.3 Å². The fraction of sp³-hybridized carbons (Fsp3) is 0.579. The Hall–Kier alpha value is -0.580. The van der Waals surface area contributed by atoms with Crippen LogP contribution in [0, 0.1) is 17.8 Å². The molecule has 1 aliphatic heterocycles. The molecule has 1 aromatic carbocycles. The molecule has 1 aliphatic carbocycles. The van der Waals surface area contributed by atoms with Gasteiger partial charge in [0.05, 0.1) is 5.92 Å². The summed E-state index contributed by atoms with van der Waals surface area (Å²) >= 11 is 0. The van der Waals surface area contributed by atoms with Crippen LogP contribution in [0.4, 0.5) is 0 Å². The molecule has 5 heteroatoms. The molecule has 1 amide bonds. The van der Waals surface area contributed by atoms with Crippen molar-refractivity contribution in [1.29, 1.82) is 0 Å². The van der Waals surface area contributed by atoms with Gasteiger partial charge in [0.15, 0.2) is 0 Å². The number of carbonyl (C=O) groups is 2. The summed E-state index contributed by atoms with van der Waals surface area (Å²) in [5.74, 6) is -0.204. The second-order valence-corrected chi connectivity index (χ2v) is 7.03. The number of carbonyl (C=O) groups excluding carboxylic acids is 1. The minimum absolute atomic E-state index is 0. The number of hydrogen-bond donors (Lipinski definition) is 1. The van der Waals surface area contributed by atoms with Crippen LogP contribution in [0.15, 0.2) is 30.3 Å². The van der Waals surface area contributed by atoms with Crippen LogP contribution in [0.25, 0.3) is 0 Å². The molecule has 0 unspecified atom stereocenters. The van der Waals surface area contributed by atoms with Gasteiger partial charge in [-0.05, 0) is 36.7 Å². The van der Waals surface area contributed by atoms with Crippen molar-refractivity contribution in [2.75, 3.05) is 13.1 Å². The van der Waals surface area contributed by atoms with E-state index >= 15 is 0 Å². The zero-order chi connectivity index (χ0) is 16.2. The summed E-state index contributed by atoms with van der Waals surface area (Å²) < 4.78 is 0. The van der Waals surface area contributed by atoms with Gasteiger partial charge in [-0.2, -0.15) is 0 Å². The molecule has 2 aliphatic rings. The second kappa shape index (κ2) is 9.21. The van der Waals surface area contributed by atoms with Gasteiger partial charge < -0.3 is 10.0 Å². The number of rotatable bonds is 5. The maximum atomic E-state index is 12.6. The number of benzene rings is 1. The van der Waals surface area contributed by atoms with E-state index in [0.717, 1.165) is 18.7 Å². The van der Waals surface area contributed by atoms with E-state index in [1.165, 1.54) is 25.7 Å². The third-order valence-corrected chi connectivity index (χ3v) is 5.42. The Kier molecular flexibility index (Phi) is 7.58. The van der Waals surface area contributed by atoms with Crippen LogP contribution >= 0.6 is 0 Å². The SMILES string of the molecule is O=C(O)[C@H](CC(=O)N1C[C@H]2CCCC[C@H]2C1)Cc1ccccc1.[CaH2]. The van der Waals surface area contributed by atoms with Crippen molar-refractivity contribution in [3.63, 3.8) is 0 Å². The number of carboxylic acid groups (broad SMARTS) is 1. The molecule has 1 saturated heterocycles. The Morgan fingerprint density at radius 3 is 2.21 bits per heavy atom. The number of likely N-dealkylation sites (tertiary alicyclic amines) is 1. The van der Waals surface area contributed by atoms with E-state index < -0.39 is 11.9 Å². The summed E-state index contributed by atoms with van der Waals surface area (Å²) in [5, 5.41) is 9.46. The molecule has 0 radical (unpaired) electrons. The summed E-state index contributed by atoms with van der Waals surface area (Å²) in [6.45, 7) is 1.67. The van der Waals surface area contributed by atoms with Crippen molar-refractivity contribution < 1.29 is 14.7 Å². The molecule has 3 rings (SSSR count). The van der Waals surface area contributed by atoms with Crippen molar-refractivity contribution in [3.05, 3.63) is 35.9 Å². The van der Waals surface area contributed by atoms with Gasteiger partial charge in [-0.1, -0.05) is 43.2 Å². The first-order valence-corrected chi connectivity index (χ1v) is 8.68. The maximum absolute atomic E-state index is 12.6. The van der Waals surface area contributed by atoms with Gasteiger partial charge in [-0.15, -0.1) is 0 Å². The predicted octanol–water partition coefficient (Wildman–Crippen LogP) is 2.05. The molecule has 0 aromatic heterocycles. The average Bonchev–Trinajstić information content (AvgIpc) is 2.99. The Labute approximate surface area is 173 Å². The summed E-state index contributed by atoms with van der Waals surface area (Å²) in [4.78, 5) is 26.0. The third-order valence-electron chi connectivity index (χ3n) is 5.42. The molecule has 0 bridgehead atoms. The van der Waals surface area contributed by atoms with E-state index in [9.17, 15) is 14.7 Å². The summed E-state index contributed by atoms with van der Waals surface area (Å²) in [6.07, 6.45) is 5.53. The van der Waals surface area contributed by atoms with Gasteiger partial charge in [-0.3, -0.25) is 9.59 Å². The van der Waals surface area contributed by atoms with E-state index in [4.69, 9.17) is 0 Å². The average molecular weight is 358 g/mol. The topological polar surface area (TPSA) is 57.6 Å². The number of hydrogen-bond acceptors (Lipinski definition) is 2. The quantitative estimate of drug-likeness (QED) is 0.821. The first-order chi connectivity index (χ1) is 11.1. The molecule has 1 aromatic rings.